The van der Waals surface area contributed by atoms with Gasteiger partial charge in [-0.05, 0) is 36.4 Å². The lowest BCUT2D eigenvalue weighted by molar-refractivity contribution is -0.137. The summed E-state index contributed by atoms with van der Waals surface area (Å²) in [6, 6.07) is 7.23. The quantitative estimate of drug-likeness (QED) is 0.650. The second kappa shape index (κ2) is 8.03. The van der Waals surface area contributed by atoms with Crippen molar-refractivity contribution in [2.24, 2.45) is 0 Å². The summed E-state index contributed by atoms with van der Waals surface area (Å²) in [5, 5.41) is 20.2. The Morgan fingerprint density at radius 2 is 1.97 bits per heavy atom. The molecule has 30 heavy (non-hydrogen) atoms. The minimum atomic E-state index is -4.73. The van der Waals surface area contributed by atoms with Crippen molar-refractivity contribution < 1.29 is 41.3 Å². The number of rotatable bonds is 5. The van der Waals surface area contributed by atoms with Crippen LogP contribution in [0.5, 0.6) is 5.75 Å². The Labute approximate surface area is 169 Å². The second-order valence-corrected chi connectivity index (χ2v) is 8.29. The predicted molar refractivity (Wildman–Crippen MR) is 100 cm³/mol. The van der Waals surface area contributed by atoms with Crippen molar-refractivity contribution in [3.63, 3.8) is 0 Å². The maximum atomic E-state index is 13.2. The van der Waals surface area contributed by atoms with E-state index in [0.29, 0.717) is 6.07 Å². The first-order valence-electron chi connectivity index (χ1n) is 8.64. The number of hydrogen-bond acceptors (Lipinski definition) is 5. The van der Waals surface area contributed by atoms with Gasteiger partial charge in [0.2, 0.25) is 0 Å². The fourth-order valence-electron chi connectivity index (χ4n) is 3.00. The van der Waals surface area contributed by atoms with Crippen LogP contribution in [0.1, 0.15) is 12.0 Å². The highest BCUT2D eigenvalue weighted by molar-refractivity contribution is 7.92. The minimum Gasteiger partial charge on any atom is -0.486 e. The van der Waals surface area contributed by atoms with E-state index in [1.807, 2.05) is 0 Å². The number of anilines is 2. The van der Waals surface area contributed by atoms with Crippen LogP contribution in [0.2, 0.25) is 0 Å². The van der Waals surface area contributed by atoms with Crippen LogP contribution in [-0.2, 0) is 16.2 Å². The molecule has 1 aliphatic heterocycles. The molecule has 8 nitrogen and oxygen atoms in total. The van der Waals surface area contributed by atoms with E-state index < -0.39 is 38.9 Å². The van der Waals surface area contributed by atoms with Crippen LogP contribution in [0.15, 0.2) is 47.4 Å². The molecule has 162 valence electrons. The molecule has 2 aromatic carbocycles. The normalized spacial score (nSPS) is 16.5. The first kappa shape index (κ1) is 21.7. The monoisotopic (exact) mass is 446 g/mol. The van der Waals surface area contributed by atoms with Gasteiger partial charge in [-0.15, -0.1) is 0 Å². The Morgan fingerprint density at radius 1 is 1.23 bits per heavy atom. The SMILES string of the molecule is O=C(O)Nc1ccc2c(c1)N(S(=O)(=O)c1cccc(C(F)(F)F)c1)CC(CCO)O2. The third kappa shape index (κ3) is 4.44. The molecule has 3 rings (SSSR count). The number of aliphatic hydroxyl groups is 1. The number of carboxylic acid groups (broad SMARTS) is 1. The zero-order valence-electron chi connectivity index (χ0n) is 15.3. The fourth-order valence-corrected chi connectivity index (χ4v) is 4.54. The van der Waals surface area contributed by atoms with Gasteiger partial charge in [0, 0.05) is 18.7 Å². The van der Waals surface area contributed by atoms with Crippen molar-refractivity contribution >= 4 is 27.5 Å². The van der Waals surface area contributed by atoms with E-state index in [1.165, 1.54) is 18.2 Å². The lowest BCUT2D eigenvalue weighted by atomic mass is 10.1. The molecule has 1 aliphatic rings. The number of amides is 1. The second-order valence-electron chi connectivity index (χ2n) is 6.43. The molecular formula is C18H17F3N2O6S. The predicted octanol–water partition coefficient (Wildman–Crippen LogP) is 3.13. The highest BCUT2D eigenvalue weighted by Crippen LogP contribution is 2.40. The number of benzene rings is 2. The van der Waals surface area contributed by atoms with Gasteiger partial charge in [-0.25, -0.2) is 13.2 Å². The third-order valence-electron chi connectivity index (χ3n) is 4.34. The van der Waals surface area contributed by atoms with Crippen LogP contribution in [0.25, 0.3) is 0 Å². The van der Waals surface area contributed by atoms with E-state index in [1.54, 1.807) is 0 Å². The largest absolute Gasteiger partial charge is 0.486 e. The molecule has 0 saturated heterocycles. The van der Waals surface area contributed by atoms with Crippen LogP contribution in [0, 0.1) is 0 Å². The number of carbonyl (C=O) groups is 1. The Kier molecular flexibility index (Phi) is 5.81. The molecule has 0 aliphatic carbocycles. The molecule has 0 fully saturated rings. The van der Waals surface area contributed by atoms with Gasteiger partial charge in [0.05, 0.1) is 22.7 Å². The van der Waals surface area contributed by atoms with Crippen LogP contribution in [0.4, 0.5) is 29.3 Å². The summed E-state index contributed by atoms with van der Waals surface area (Å²) in [7, 11) is -4.46. The highest BCUT2D eigenvalue weighted by Gasteiger charge is 2.37. The summed E-state index contributed by atoms with van der Waals surface area (Å²) < 4.78 is 72.1. The van der Waals surface area contributed by atoms with E-state index in [-0.39, 0.29) is 36.7 Å². The molecule has 3 N–H and O–H groups in total. The summed E-state index contributed by atoms with van der Waals surface area (Å²) in [5.41, 5.74) is -1.10. The number of halogens is 3. The lowest BCUT2D eigenvalue weighted by Gasteiger charge is -2.35. The fraction of sp³-hybridized carbons (Fsp3) is 0.278. The van der Waals surface area contributed by atoms with Crippen molar-refractivity contribution in [2.75, 3.05) is 22.8 Å². The first-order valence-corrected chi connectivity index (χ1v) is 10.1. The molecule has 0 spiro atoms. The highest BCUT2D eigenvalue weighted by atomic mass is 32.2. The number of nitrogens with one attached hydrogen (secondary N) is 1. The van der Waals surface area contributed by atoms with E-state index in [2.05, 4.69) is 5.32 Å². The maximum Gasteiger partial charge on any atom is 0.416 e. The Morgan fingerprint density at radius 3 is 2.60 bits per heavy atom. The summed E-state index contributed by atoms with van der Waals surface area (Å²) in [6.45, 7) is -0.571. The third-order valence-corrected chi connectivity index (χ3v) is 6.12. The smallest absolute Gasteiger partial charge is 0.416 e. The molecule has 1 amide bonds. The van der Waals surface area contributed by atoms with E-state index >= 15 is 0 Å². The topological polar surface area (TPSA) is 116 Å². The number of sulfonamides is 1. The zero-order chi connectivity index (χ0) is 22.1. The molecule has 2 aromatic rings. The molecule has 1 heterocycles. The van der Waals surface area contributed by atoms with Crippen molar-refractivity contribution in [3.8, 4) is 5.75 Å². The average Bonchev–Trinajstić information content (AvgIpc) is 2.67. The van der Waals surface area contributed by atoms with Gasteiger partial charge >= 0.3 is 12.3 Å². The summed E-state index contributed by atoms with van der Waals surface area (Å²) in [6.07, 6.45) is -6.77. The number of hydrogen-bond donors (Lipinski definition) is 3. The summed E-state index contributed by atoms with van der Waals surface area (Å²) in [5.74, 6) is 0.0891. The number of fused-ring (bicyclic) bond motifs is 1. The van der Waals surface area contributed by atoms with Crippen LogP contribution in [0.3, 0.4) is 0 Å². The Balaban J connectivity index is 2.10. The van der Waals surface area contributed by atoms with Gasteiger partial charge in [-0.3, -0.25) is 9.62 Å². The van der Waals surface area contributed by atoms with Gasteiger partial charge in [0.25, 0.3) is 10.0 Å². The van der Waals surface area contributed by atoms with Gasteiger partial charge in [0.15, 0.2) is 0 Å². The van der Waals surface area contributed by atoms with E-state index in [0.717, 1.165) is 22.5 Å². The van der Waals surface area contributed by atoms with Crippen LogP contribution in [-0.4, -0.2) is 44.0 Å². The van der Waals surface area contributed by atoms with Crippen molar-refractivity contribution in [1.82, 2.24) is 0 Å². The maximum absolute atomic E-state index is 13.2. The van der Waals surface area contributed by atoms with Crippen molar-refractivity contribution in [1.29, 1.82) is 0 Å². The molecule has 12 heteroatoms. The Hall–Kier alpha value is -2.99. The molecule has 0 radical (unpaired) electrons. The minimum absolute atomic E-state index is 0.0344. The van der Waals surface area contributed by atoms with Gasteiger partial charge < -0.3 is 14.9 Å². The number of aliphatic hydroxyl groups excluding tert-OH is 1. The van der Waals surface area contributed by atoms with E-state index in [4.69, 9.17) is 9.84 Å². The van der Waals surface area contributed by atoms with Crippen LogP contribution >= 0.6 is 0 Å². The zero-order valence-corrected chi connectivity index (χ0v) is 16.1. The van der Waals surface area contributed by atoms with Gasteiger partial charge in [-0.2, -0.15) is 13.2 Å². The Bertz CT molecular complexity index is 1060. The van der Waals surface area contributed by atoms with E-state index in [9.17, 15) is 31.5 Å². The summed E-state index contributed by atoms with van der Waals surface area (Å²) >= 11 is 0. The standard InChI is InChI=1S/C18H17F3N2O6S/c19-18(20,21)11-2-1-3-14(8-11)30(27,28)23-10-13(6-7-24)29-16-5-4-12(9-15(16)23)22-17(25)26/h1-5,8-9,13,22,24H,6-7,10H2,(H,25,26). The number of ether oxygens (including phenoxy) is 1. The first-order chi connectivity index (χ1) is 14.0. The van der Waals surface area contributed by atoms with Crippen molar-refractivity contribution in [3.05, 3.63) is 48.0 Å². The van der Waals surface area contributed by atoms with Gasteiger partial charge in [-0.1, -0.05) is 6.07 Å². The molecule has 0 aromatic heterocycles. The molecule has 1 atom stereocenters. The number of nitrogens with zero attached hydrogens (tertiary/aromatic N) is 1. The average molecular weight is 446 g/mol. The molecular weight excluding hydrogens is 429 g/mol. The molecule has 0 saturated carbocycles. The molecule has 0 bridgehead atoms. The lowest BCUT2D eigenvalue weighted by Crippen LogP contribution is -2.44. The van der Waals surface area contributed by atoms with Crippen molar-refractivity contribution in [2.45, 2.75) is 23.6 Å². The molecule has 1 unspecified atom stereocenters. The number of alkyl halides is 3. The van der Waals surface area contributed by atoms with Crippen LogP contribution < -0.4 is 14.4 Å². The summed E-state index contributed by atoms with van der Waals surface area (Å²) in [4.78, 5) is 10.3. The van der Waals surface area contributed by atoms with Gasteiger partial charge in [0.1, 0.15) is 11.9 Å².